The lowest BCUT2D eigenvalue weighted by Crippen LogP contribution is -2.30. The second kappa shape index (κ2) is 8.26. The van der Waals surface area contributed by atoms with E-state index in [9.17, 15) is 5.11 Å². The topological polar surface area (TPSA) is 23.5 Å². The molecule has 2 aromatic carbocycles. The molecule has 24 heavy (non-hydrogen) atoms. The SMILES string of the molecule is CCN(CCc1csc2ccccc12)C[C@@H](O)c1cccc(Br)c1. The normalized spacial score (nSPS) is 12.8. The number of hydrogen-bond donors (Lipinski definition) is 1. The number of hydrogen-bond acceptors (Lipinski definition) is 3. The standard InChI is InChI=1S/C20H22BrNOS/c1-2-22(13-19(23)15-6-5-7-17(21)12-15)11-10-16-14-24-20-9-4-3-8-18(16)20/h3-9,12,14,19,23H,2,10-11,13H2,1H3/t19-/m1/s1. The van der Waals surface area contributed by atoms with Crippen LogP contribution in [0.1, 0.15) is 24.2 Å². The van der Waals surface area contributed by atoms with Gasteiger partial charge >= 0.3 is 0 Å². The zero-order valence-electron chi connectivity index (χ0n) is 13.8. The van der Waals surface area contributed by atoms with Gasteiger partial charge in [-0.1, -0.05) is 53.2 Å². The van der Waals surface area contributed by atoms with Gasteiger partial charge in [0, 0.05) is 22.3 Å². The molecular weight excluding hydrogens is 382 g/mol. The Bertz CT molecular complexity index is 801. The molecule has 4 heteroatoms. The van der Waals surface area contributed by atoms with E-state index in [1.165, 1.54) is 15.6 Å². The Labute approximate surface area is 155 Å². The van der Waals surface area contributed by atoms with Crippen LogP contribution in [0.2, 0.25) is 0 Å². The lowest BCUT2D eigenvalue weighted by Gasteiger charge is -2.24. The molecule has 3 rings (SSSR count). The van der Waals surface area contributed by atoms with Crippen molar-refractivity contribution in [1.29, 1.82) is 0 Å². The lowest BCUT2D eigenvalue weighted by atomic mass is 10.1. The van der Waals surface area contributed by atoms with Crippen LogP contribution in [0.5, 0.6) is 0 Å². The number of thiophene rings is 1. The molecule has 0 spiro atoms. The fourth-order valence-corrected chi connectivity index (χ4v) is 4.36. The summed E-state index contributed by atoms with van der Waals surface area (Å²) in [6.45, 7) is 4.71. The van der Waals surface area contributed by atoms with Crippen LogP contribution in [0.15, 0.2) is 58.4 Å². The van der Waals surface area contributed by atoms with Gasteiger partial charge < -0.3 is 10.0 Å². The van der Waals surface area contributed by atoms with Crippen molar-refractivity contribution >= 4 is 37.4 Å². The summed E-state index contributed by atoms with van der Waals surface area (Å²) in [4.78, 5) is 2.32. The summed E-state index contributed by atoms with van der Waals surface area (Å²) in [5, 5.41) is 14.1. The first-order valence-electron chi connectivity index (χ1n) is 8.28. The van der Waals surface area contributed by atoms with E-state index in [2.05, 4.69) is 57.4 Å². The van der Waals surface area contributed by atoms with Gasteiger partial charge in [0.25, 0.3) is 0 Å². The molecule has 0 aliphatic rings. The average molecular weight is 404 g/mol. The molecule has 0 bridgehead atoms. The van der Waals surface area contributed by atoms with Crippen molar-refractivity contribution in [3.8, 4) is 0 Å². The zero-order chi connectivity index (χ0) is 16.9. The minimum absolute atomic E-state index is 0.457. The molecule has 1 atom stereocenters. The van der Waals surface area contributed by atoms with Gasteiger partial charge in [-0.25, -0.2) is 0 Å². The molecule has 0 radical (unpaired) electrons. The number of fused-ring (bicyclic) bond motifs is 1. The van der Waals surface area contributed by atoms with E-state index in [0.29, 0.717) is 6.54 Å². The zero-order valence-corrected chi connectivity index (χ0v) is 16.2. The molecule has 0 aliphatic carbocycles. The third kappa shape index (κ3) is 4.25. The first kappa shape index (κ1) is 17.6. The average Bonchev–Trinajstić information content (AvgIpc) is 3.01. The van der Waals surface area contributed by atoms with Gasteiger partial charge in [0.15, 0.2) is 0 Å². The Hall–Kier alpha value is -1.20. The third-order valence-corrected chi connectivity index (χ3v) is 5.88. The van der Waals surface area contributed by atoms with Gasteiger partial charge in [0.1, 0.15) is 0 Å². The van der Waals surface area contributed by atoms with E-state index in [-0.39, 0.29) is 0 Å². The minimum Gasteiger partial charge on any atom is -0.387 e. The molecule has 0 unspecified atom stereocenters. The van der Waals surface area contributed by atoms with Gasteiger partial charge in [0.05, 0.1) is 6.10 Å². The van der Waals surface area contributed by atoms with Crippen LogP contribution in [0, 0.1) is 0 Å². The predicted octanol–water partition coefficient (Wildman–Crippen LogP) is 5.26. The molecule has 1 aromatic heterocycles. The summed E-state index contributed by atoms with van der Waals surface area (Å²) < 4.78 is 2.36. The number of nitrogens with zero attached hydrogens (tertiary/aromatic N) is 1. The van der Waals surface area contributed by atoms with Gasteiger partial charge in [-0.3, -0.25) is 0 Å². The quantitative estimate of drug-likeness (QED) is 0.581. The molecule has 126 valence electrons. The maximum Gasteiger partial charge on any atom is 0.0917 e. The number of rotatable bonds is 7. The summed E-state index contributed by atoms with van der Waals surface area (Å²) in [6.07, 6.45) is 0.560. The molecule has 1 heterocycles. The Balaban J connectivity index is 1.62. The van der Waals surface area contributed by atoms with Crippen LogP contribution in [0.4, 0.5) is 0 Å². The van der Waals surface area contributed by atoms with Crippen molar-refractivity contribution in [3.05, 3.63) is 69.5 Å². The first-order valence-corrected chi connectivity index (χ1v) is 9.95. The molecule has 0 fully saturated rings. The maximum absolute atomic E-state index is 10.5. The van der Waals surface area contributed by atoms with E-state index in [1.54, 1.807) is 0 Å². The van der Waals surface area contributed by atoms with Crippen LogP contribution in [0.3, 0.4) is 0 Å². The van der Waals surface area contributed by atoms with E-state index in [4.69, 9.17) is 0 Å². The minimum atomic E-state index is -0.457. The van der Waals surface area contributed by atoms with E-state index < -0.39 is 6.10 Å². The highest BCUT2D eigenvalue weighted by atomic mass is 79.9. The lowest BCUT2D eigenvalue weighted by molar-refractivity contribution is 0.116. The highest BCUT2D eigenvalue weighted by Gasteiger charge is 2.13. The van der Waals surface area contributed by atoms with E-state index >= 15 is 0 Å². The summed E-state index contributed by atoms with van der Waals surface area (Å²) >= 11 is 5.28. The monoisotopic (exact) mass is 403 g/mol. The summed E-state index contributed by atoms with van der Waals surface area (Å²) in [5.74, 6) is 0. The van der Waals surface area contributed by atoms with Crippen molar-refractivity contribution in [3.63, 3.8) is 0 Å². The molecule has 3 aromatic rings. The second-order valence-corrected chi connectivity index (χ2v) is 7.80. The predicted molar refractivity (Wildman–Crippen MR) is 107 cm³/mol. The third-order valence-electron chi connectivity index (χ3n) is 4.37. The maximum atomic E-state index is 10.5. The van der Waals surface area contributed by atoms with Crippen LogP contribution < -0.4 is 0 Å². The number of benzene rings is 2. The Morgan fingerprint density at radius 3 is 2.79 bits per heavy atom. The molecule has 2 nitrogen and oxygen atoms in total. The van der Waals surface area contributed by atoms with Crippen molar-refractivity contribution in [2.75, 3.05) is 19.6 Å². The molecule has 0 saturated heterocycles. The fourth-order valence-electron chi connectivity index (χ4n) is 2.95. The van der Waals surface area contributed by atoms with Crippen LogP contribution in [0.25, 0.3) is 10.1 Å². The Morgan fingerprint density at radius 2 is 2.00 bits per heavy atom. The largest absolute Gasteiger partial charge is 0.387 e. The highest BCUT2D eigenvalue weighted by Crippen LogP contribution is 2.26. The molecule has 1 N–H and O–H groups in total. The molecule has 0 amide bonds. The number of aliphatic hydroxyl groups excluding tert-OH is 1. The molecular formula is C20H22BrNOS. The van der Waals surface area contributed by atoms with Gasteiger partial charge in [-0.2, -0.15) is 0 Å². The number of halogens is 1. The van der Waals surface area contributed by atoms with Gasteiger partial charge in [-0.15, -0.1) is 11.3 Å². The summed E-state index contributed by atoms with van der Waals surface area (Å²) in [7, 11) is 0. The number of aliphatic hydroxyl groups is 1. The van der Waals surface area contributed by atoms with Crippen LogP contribution in [-0.4, -0.2) is 29.6 Å². The molecule has 0 aliphatic heterocycles. The first-order chi connectivity index (χ1) is 11.7. The highest BCUT2D eigenvalue weighted by molar-refractivity contribution is 9.10. The Kier molecular flexibility index (Phi) is 6.06. The van der Waals surface area contributed by atoms with E-state index in [1.807, 2.05) is 35.6 Å². The summed E-state index contributed by atoms with van der Waals surface area (Å²) in [6, 6.07) is 16.5. The van der Waals surface area contributed by atoms with E-state index in [0.717, 1.165) is 29.5 Å². The van der Waals surface area contributed by atoms with Crippen molar-refractivity contribution in [2.45, 2.75) is 19.4 Å². The number of likely N-dealkylation sites (N-methyl/N-ethyl adjacent to an activating group) is 1. The smallest absolute Gasteiger partial charge is 0.0917 e. The Morgan fingerprint density at radius 1 is 1.17 bits per heavy atom. The second-order valence-electron chi connectivity index (χ2n) is 5.97. The van der Waals surface area contributed by atoms with Crippen molar-refractivity contribution in [2.24, 2.45) is 0 Å². The van der Waals surface area contributed by atoms with Gasteiger partial charge in [-0.05, 0) is 53.1 Å². The van der Waals surface area contributed by atoms with Gasteiger partial charge in [0.2, 0.25) is 0 Å². The summed E-state index contributed by atoms with van der Waals surface area (Å²) in [5.41, 5.74) is 2.37. The van der Waals surface area contributed by atoms with Crippen LogP contribution in [-0.2, 0) is 6.42 Å². The van der Waals surface area contributed by atoms with Crippen molar-refractivity contribution < 1.29 is 5.11 Å². The van der Waals surface area contributed by atoms with Crippen molar-refractivity contribution in [1.82, 2.24) is 4.90 Å². The molecule has 0 saturated carbocycles. The van der Waals surface area contributed by atoms with Crippen LogP contribution >= 0.6 is 27.3 Å². The fraction of sp³-hybridized carbons (Fsp3) is 0.300.